The number of carbonyl (C=O) groups is 2. The molecule has 0 saturated heterocycles. The molecule has 0 unspecified atom stereocenters. The van der Waals surface area contributed by atoms with Gasteiger partial charge in [0.1, 0.15) is 10.0 Å². The van der Waals surface area contributed by atoms with E-state index in [1.165, 1.54) is 12.1 Å². The summed E-state index contributed by atoms with van der Waals surface area (Å²) in [5.41, 5.74) is -0.321. The Labute approximate surface area is 144 Å². The Balaban J connectivity index is 2.07. The Bertz CT molecular complexity index is 794. The van der Waals surface area contributed by atoms with Crippen LogP contribution in [-0.2, 0) is 16.0 Å². The van der Waals surface area contributed by atoms with E-state index in [4.69, 9.17) is 16.3 Å². The zero-order valence-corrected chi connectivity index (χ0v) is 13.9. The molecular formula is C13H11ClN4O5S. The van der Waals surface area contributed by atoms with E-state index in [-0.39, 0.29) is 34.4 Å². The number of nitrogens with zero attached hydrogens (tertiary/aromatic N) is 3. The number of ether oxygens (including phenoxy) is 1. The number of hydrogen-bond donors (Lipinski definition) is 1. The predicted molar refractivity (Wildman–Crippen MR) is 86.3 cm³/mol. The molecule has 1 aromatic carbocycles. The normalized spacial score (nSPS) is 10.2. The first-order valence-electron chi connectivity index (χ1n) is 6.64. The number of amides is 1. The summed E-state index contributed by atoms with van der Waals surface area (Å²) in [5, 5.41) is 21.3. The average molecular weight is 371 g/mol. The van der Waals surface area contributed by atoms with Crippen LogP contribution in [0.5, 0.6) is 0 Å². The first kappa shape index (κ1) is 17.8. The summed E-state index contributed by atoms with van der Waals surface area (Å²) in [6.07, 6.45) is -0.0478. The van der Waals surface area contributed by atoms with Gasteiger partial charge in [-0.25, -0.2) is 0 Å². The minimum Gasteiger partial charge on any atom is -0.466 e. The van der Waals surface area contributed by atoms with Gasteiger partial charge in [-0.3, -0.25) is 25.0 Å². The largest absolute Gasteiger partial charge is 0.466 e. The molecule has 0 spiro atoms. The first-order valence-corrected chi connectivity index (χ1v) is 7.83. The fourth-order valence-corrected chi connectivity index (χ4v) is 2.58. The molecule has 0 atom stereocenters. The Kier molecular flexibility index (Phi) is 5.77. The lowest BCUT2D eigenvalue weighted by molar-refractivity contribution is -0.384. The predicted octanol–water partition coefficient (Wildman–Crippen LogP) is 2.46. The smallest absolute Gasteiger partial charge is 0.312 e. The summed E-state index contributed by atoms with van der Waals surface area (Å²) in [5.74, 6) is -1.05. The number of benzene rings is 1. The van der Waals surface area contributed by atoms with Crippen LogP contribution in [0.4, 0.5) is 10.8 Å². The fraction of sp³-hybridized carbons (Fsp3) is 0.231. The van der Waals surface area contributed by atoms with Gasteiger partial charge < -0.3 is 4.74 Å². The SMILES string of the molecule is CCOC(=O)Cc1nnc(NC(=O)c2ccc(Cl)c([N+](=O)[O-])c2)s1. The average Bonchev–Trinajstić information content (AvgIpc) is 2.94. The third-order valence-electron chi connectivity index (χ3n) is 2.69. The molecule has 0 fully saturated rings. The van der Waals surface area contributed by atoms with Gasteiger partial charge in [0.2, 0.25) is 5.13 Å². The highest BCUT2D eigenvalue weighted by molar-refractivity contribution is 7.15. The summed E-state index contributed by atoms with van der Waals surface area (Å²) < 4.78 is 4.79. The van der Waals surface area contributed by atoms with E-state index in [0.29, 0.717) is 5.01 Å². The molecule has 1 heterocycles. The minimum absolute atomic E-state index is 0.0478. The van der Waals surface area contributed by atoms with Crippen molar-refractivity contribution in [1.29, 1.82) is 0 Å². The number of carbonyl (C=O) groups excluding carboxylic acids is 2. The number of halogens is 1. The zero-order valence-electron chi connectivity index (χ0n) is 12.3. The van der Waals surface area contributed by atoms with E-state index in [1.54, 1.807) is 6.92 Å². The van der Waals surface area contributed by atoms with Crippen LogP contribution in [0.25, 0.3) is 0 Å². The third kappa shape index (κ3) is 4.46. The van der Waals surface area contributed by atoms with Gasteiger partial charge in [0.15, 0.2) is 0 Å². The quantitative estimate of drug-likeness (QED) is 0.470. The summed E-state index contributed by atoms with van der Waals surface area (Å²) in [4.78, 5) is 33.6. The van der Waals surface area contributed by atoms with Crippen molar-refractivity contribution in [1.82, 2.24) is 10.2 Å². The summed E-state index contributed by atoms with van der Waals surface area (Å²) >= 11 is 6.70. The van der Waals surface area contributed by atoms with E-state index < -0.39 is 16.8 Å². The number of aromatic nitrogens is 2. The number of esters is 1. The number of rotatable bonds is 6. The maximum atomic E-state index is 12.1. The van der Waals surface area contributed by atoms with Gasteiger partial charge in [-0.15, -0.1) is 10.2 Å². The van der Waals surface area contributed by atoms with Crippen molar-refractivity contribution in [2.75, 3.05) is 11.9 Å². The van der Waals surface area contributed by atoms with Crippen molar-refractivity contribution in [3.05, 3.63) is 43.9 Å². The highest BCUT2D eigenvalue weighted by Gasteiger charge is 2.18. The van der Waals surface area contributed by atoms with Crippen LogP contribution in [0.15, 0.2) is 18.2 Å². The lowest BCUT2D eigenvalue weighted by Gasteiger charge is -2.02. The van der Waals surface area contributed by atoms with Crippen molar-refractivity contribution >= 4 is 45.6 Å². The monoisotopic (exact) mass is 370 g/mol. The molecule has 0 bridgehead atoms. The van der Waals surface area contributed by atoms with E-state index in [0.717, 1.165) is 17.4 Å². The molecule has 0 saturated carbocycles. The number of hydrogen-bond acceptors (Lipinski definition) is 8. The highest BCUT2D eigenvalue weighted by atomic mass is 35.5. The molecule has 0 aliphatic carbocycles. The second-order valence-corrected chi connectivity index (χ2v) is 5.83. The number of anilines is 1. The van der Waals surface area contributed by atoms with E-state index in [1.807, 2.05) is 0 Å². The van der Waals surface area contributed by atoms with Crippen molar-refractivity contribution in [3.8, 4) is 0 Å². The highest BCUT2D eigenvalue weighted by Crippen LogP contribution is 2.25. The summed E-state index contributed by atoms with van der Waals surface area (Å²) in [6.45, 7) is 1.95. The van der Waals surface area contributed by atoms with Crippen LogP contribution in [0.2, 0.25) is 5.02 Å². The molecule has 126 valence electrons. The Morgan fingerprint density at radius 3 is 2.83 bits per heavy atom. The van der Waals surface area contributed by atoms with Crippen LogP contribution in [0.3, 0.4) is 0 Å². The number of nitro benzene ring substituents is 1. The third-order valence-corrected chi connectivity index (χ3v) is 3.85. The van der Waals surface area contributed by atoms with Gasteiger partial charge in [-0.05, 0) is 19.1 Å². The lowest BCUT2D eigenvalue weighted by Crippen LogP contribution is -2.12. The molecule has 1 aromatic heterocycles. The molecule has 0 aliphatic rings. The number of nitro groups is 1. The van der Waals surface area contributed by atoms with Gasteiger partial charge in [0, 0.05) is 11.6 Å². The molecule has 0 aliphatic heterocycles. The Morgan fingerprint density at radius 2 is 2.17 bits per heavy atom. The van der Waals surface area contributed by atoms with Gasteiger partial charge in [0.25, 0.3) is 11.6 Å². The van der Waals surface area contributed by atoms with Crippen molar-refractivity contribution in [3.63, 3.8) is 0 Å². The van der Waals surface area contributed by atoms with Crippen LogP contribution in [0.1, 0.15) is 22.3 Å². The summed E-state index contributed by atoms with van der Waals surface area (Å²) in [6, 6.07) is 3.68. The Hall–Kier alpha value is -2.59. The lowest BCUT2D eigenvalue weighted by atomic mass is 10.2. The molecule has 24 heavy (non-hydrogen) atoms. The van der Waals surface area contributed by atoms with Gasteiger partial charge in [-0.2, -0.15) is 0 Å². The maximum Gasteiger partial charge on any atom is 0.312 e. The van der Waals surface area contributed by atoms with Crippen LogP contribution in [0, 0.1) is 10.1 Å². The second kappa shape index (κ2) is 7.79. The minimum atomic E-state index is -0.679. The van der Waals surface area contributed by atoms with Crippen molar-refractivity contribution in [2.24, 2.45) is 0 Å². The van der Waals surface area contributed by atoms with Crippen molar-refractivity contribution in [2.45, 2.75) is 13.3 Å². The second-order valence-electron chi connectivity index (χ2n) is 4.36. The van der Waals surface area contributed by atoms with Crippen LogP contribution < -0.4 is 5.32 Å². The molecule has 2 rings (SSSR count). The fourth-order valence-electron chi connectivity index (χ4n) is 1.67. The van der Waals surface area contributed by atoms with Gasteiger partial charge >= 0.3 is 5.97 Å². The van der Waals surface area contributed by atoms with Crippen LogP contribution >= 0.6 is 22.9 Å². The maximum absolute atomic E-state index is 12.1. The Morgan fingerprint density at radius 1 is 1.42 bits per heavy atom. The van der Waals surface area contributed by atoms with E-state index in [2.05, 4.69) is 15.5 Å². The molecule has 2 aromatic rings. The van der Waals surface area contributed by atoms with Crippen molar-refractivity contribution < 1.29 is 19.2 Å². The number of nitrogens with one attached hydrogen (secondary N) is 1. The van der Waals surface area contributed by atoms with E-state index in [9.17, 15) is 19.7 Å². The van der Waals surface area contributed by atoms with Gasteiger partial charge in [-0.1, -0.05) is 22.9 Å². The standard InChI is InChI=1S/C13H11ClN4O5S/c1-2-23-11(19)6-10-16-17-13(24-10)15-12(20)7-3-4-8(14)9(5-7)18(21)22/h3-5H,2,6H2,1H3,(H,15,17,20). The van der Waals surface area contributed by atoms with Gasteiger partial charge in [0.05, 0.1) is 18.0 Å². The zero-order chi connectivity index (χ0) is 17.7. The molecule has 1 N–H and O–H groups in total. The summed E-state index contributed by atoms with van der Waals surface area (Å²) in [7, 11) is 0. The molecule has 11 heteroatoms. The molecular weight excluding hydrogens is 360 g/mol. The van der Waals surface area contributed by atoms with Crippen LogP contribution in [-0.4, -0.2) is 33.6 Å². The molecule has 1 amide bonds. The first-order chi connectivity index (χ1) is 11.4. The molecule has 0 radical (unpaired) electrons. The van der Waals surface area contributed by atoms with E-state index >= 15 is 0 Å². The molecule has 9 nitrogen and oxygen atoms in total. The topological polar surface area (TPSA) is 124 Å².